The Labute approximate surface area is 160 Å². The molecule has 1 aliphatic heterocycles. The van der Waals surface area contributed by atoms with Gasteiger partial charge in [-0.2, -0.15) is 0 Å². The fraction of sp³-hybridized carbons (Fsp3) is 0.381. The van der Waals surface area contributed by atoms with Crippen LogP contribution < -0.4 is 10.1 Å². The number of likely N-dealkylation sites (tertiary alicyclic amines) is 1. The van der Waals surface area contributed by atoms with Gasteiger partial charge in [0.25, 0.3) is 0 Å². The summed E-state index contributed by atoms with van der Waals surface area (Å²) in [4.78, 5) is 14.9. The Morgan fingerprint density at radius 2 is 1.85 bits per heavy atom. The van der Waals surface area contributed by atoms with Gasteiger partial charge in [0.05, 0.1) is 12.6 Å². The molecule has 0 saturated carbocycles. The topological polar surface area (TPSA) is 41.6 Å². The molecule has 1 atom stereocenters. The summed E-state index contributed by atoms with van der Waals surface area (Å²) >= 11 is 6.02. The van der Waals surface area contributed by atoms with Crippen LogP contribution in [0.25, 0.3) is 0 Å². The van der Waals surface area contributed by atoms with Gasteiger partial charge in [0.2, 0.25) is 0 Å². The van der Waals surface area contributed by atoms with Crippen molar-refractivity contribution in [1.29, 1.82) is 0 Å². The average Bonchev–Trinajstić information content (AvgIpc) is 2.90. The van der Waals surface area contributed by atoms with E-state index >= 15 is 0 Å². The first-order valence-corrected chi connectivity index (χ1v) is 9.61. The molecule has 0 bridgehead atoms. The summed E-state index contributed by atoms with van der Waals surface area (Å²) in [6, 6.07) is 15.3. The molecule has 2 aromatic rings. The number of hydrogen-bond donors (Lipinski definition) is 1. The summed E-state index contributed by atoms with van der Waals surface area (Å²) in [5.74, 6) is 0.805. The number of urea groups is 1. The van der Waals surface area contributed by atoms with E-state index in [0.29, 0.717) is 11.6 Å². The van der Waals surface area contributed by atoms with Crippen molar-refractivity contribution in [3.05, 3.63) is 59.1 Å². The fourth-order valence-corrected chi connectivity index (χ4v) is 3.51. The number of rotatable bonds is 4. The van der Waals surface area contributed by atoms with Crippen molar-refractivity contribution in [2.24, 2.45) is 0 Å². The molecular weight excluding hydrogens is 348 g/mol. The molecule has 5 heteroatoms. The van der Waals surface area contributed by atoms with Crippen LogP contribution in [0.3, 0.4) is 0 Å². The Morgan fingerprint density at radius 3 is 2.54 bits per heavy atom. The van der Waals surface area contributed by atoms with Gasteiger partial charge in [0.15, 0.2) is 0 Å². The van der Waals surface area contributed by atoms with Crippen molar-refractivity contribution < 1.29 is 9.53 Å². The maximum absolute atomic E-state index is 12.9. The Bertz CT molecular complexity index is 716. The van der Waals surface area contributed by atoms with Gasteiger partial charge in [0, 0.05) is 17.3 Å². The van der Waals surface area contributed by atoms with Crippen LogP contribution >= 0.6 is 11.6 Å². The van der Waals surface area contributed by atoms with Crippen LogP contribution in [0.1, 0.15) is 44.2 Å². The van der Waals surface area contributed by atoms with Gasteiger partial charge in [-0.25, -0.2) is 4.79 Å². The van der Waals surface area contributed by atoms with Crippen molar-refractivity contribution >= 4 is 23.3 Å². The minimum atomic E-state index is -0.0593. The van der Waals surface area contributed by atoms with E-state index in [2.05, 4.69) is 5.32 Å². The van der Waals surface area contributed by atoms with Gasteiger partial charge in [-0.3, -0.25) is 0 Å². The quantitative estimate of drug-likeness (QED) is 0.727. The van der Waals surface area contributed by atoms with Crippen LogP contribution in [0.15, 0.2) is 48.5 Å². The van der Waals surface area contributed by atoms with Crippen molar-refractivity contribution in [3.8, 4) is 5.75 Å². The minimum Gasteiger partial charge on any atom is -0.494 e. The fourth-order valence-electron chi connectivity index (χ4n) is 3.38. The van der Waals surface area contributed by atoms with Gasteiger partial charge < -0.3 is 15.0 Å². The summed E-state index contributed by atoms with van der Waals surface area (Å²) < 4.78 is 5.45. The van der Waals surface area contributed by atoms with E-state index in [-0.39, 0.29) is 12.1 Å². The molecule has 1 saturated heterocycles. The van der Waals surface area contributed by atoms with Crippen LogP contribution in [-0.4, -0.2) is 24.1 Å². The van der Waals surface area contributed by atoms with Crippen LogP contribution in [-0.2, 0) is 0 Å². The smallest absolute Gasteiger partial charge is 0.322 e. The number of anilines is 1. The highest BCUT2D eigenvalue weighted by molar-refractivity contribution is 6.30. The predicted molar refractivity (Wildman–Crippen MR) is 106 cm³/mol. The zero-order valence-electron chi connectivity index (χ0n) is 15.1. The van der Waals surface area contributed by atoms with Gasteiger partial charge >= 0.3 is 6.03 Å². The Morgan fingerprint density at radius 1 is 1.12 bits per heavy atom. The molecule has 0 unspecified atom stereocenters. The number of benzene rings is 2. The third-order valence-corrected chi connectivity index (χ3v) is 4.94. The number of halogens is 1. The summed E-state index contributed by atoms with van der Waals surface area (Å²) in [7, 11) is 0. The molecular formula is C21H25ClN2O2. The van der Waals surface area contributed by atoms with E-state index in [1.807, 2.05) is 60.4 Å². The van der Waals surface area contributed by atoms with Gasteiger partial charge in [-0.15, -0.1) is 0 Å². The molecule has 2 amide bonds. The summed E-state index contributed by atoms with van der Waals surface area (Å²) in [6.45, 7) is 3.34. The second-order valence-corrected chi connectivity index (χ2v) is 6.93. The lowest BCUT2D eigenvalue weighted by Gasteiger charge is -2.30. The number of nitrogens with zero attached hydrogens (tertiary/aromatic N) is 1. The van der Waals surface area contributed by atoms with E-state index in [1.54, 1.807) is 0 Å². The number of nitrogens with one attached hydrogen (secondary N) is 1. The van der Waals surface area contributed by atoms with E-state index in [9.17, 15) is 4.79 Å². The van der Waals surface area contributed by atoms with Crippen LogP contribution in [0.5, 0.6) is 5.75 Å². The van der Waals surface area contributed by atoms with E-state index in [1.165, 1.54) is 0 Å². The molecule has 4 nitrogen and oxygen atoms in total. The molecule has 0 spiro atoms. The summed E-state index contributed by atoms with van der Waals surface area (Å²) in [5.41, 5.74) is 1.91. The van der Waals surface area contributed by atoms with E-state index in [4.69, 9.17) is 16.3 Å². The molecule has 1 heterocycles. The minimum absolute atomic E-state index is 0.0593. The Kier molecular flexibility index (Phi) is 6.40. The van der Waals surface area contributed by atoms with Crippen molar-refractivity contribution in [3.63, 3.8) is 0 Å². The highest BCUT2D eigenvalue weighted by atomic mass is 35.5. The zero-order chi connectivity index (χ0) is 18.4. The molecule has 0 aliphatic carbocycles. The standard InChI is InChI=1S/C21H25ClN2O2/c1-2-26-19-13-11-18(12-14-19)23-21(25)24-15-5-3-4-6-20(24)16-7-9-17(22)10-8-16/h7-14,20H,2-6,15H2,1H3,(H,23,25)/t20-/m0/s1. The maximum Gasteiger partial charge on any atom is 0.322 e. The first-order chi connectivity index (χ1) is 12.7. The Balaban J connectivity index is 1.74. The lowest BCUT2D eigenvalue weighted by molar-refractivity contribution is 0.189. The molecule has 3 rings (SSSR count). The number of hydrogen-bond acceptors (Lipinski definition) is 2. The average molecular weight is 373 g/mol. The lowest BCUT2D eigenvalue weighted by atomic mass is 10.0. The SMILES string of the molecule is CCOc1ccc(NC(=O)N2CCCCC[C@H]2c2ccc(Cl)cc2)cc1. The Hall–Kier alpha value is -2.20. The monoisotopic (exact) mass is 372 g/mol. The highest BCUT2D eigenvalue weighted by Crippen LogP contribution is 2.31. The summed E-state index contributed by atoms with van der Waals surface area (Å²) in [5, 5.41) is 3.74. The molecule has 0 radical (unpaired) electrons. The maximum atomic E-state index is 12.9. The second-order valence-electron chi connectivity index (χ2n) is 6.50. The second kappa shape index (κ2) is 8.95. The highest BCUT2D eigenvalue weighted by Gasteiger charge is 2.26. The normalized spacial score (nSPS) is 17.5. The number of carbonyl (C=O) groups is 1. The van der Waals surface area contributed by atoms with E-state index < -0.39 is 0 Å². The van der Waals surface area contributed by atoms with Crippen LogP contribution in [0.2, 0.25) is 5.02 Å². The molecule has 138 valence electrons. The van der Waals surface area contributed by atoms with Crippen molar-refractivity contribution in [2.75, 3.05) is 18.5 Å². The van der Waals surface area contributed by atoms with Gasteiger partial charge in [-0.1, -0.05) is 36.6 Å². The van der Waals surface area contributed by atoms with Gasteiger partial charge in [0.1, 0.15) is 5.75 Å². The molecule has 1 aliphatic rings. The third kappa shape index (κ3) is 4.70. The molecule has 1 N–H and O–H groups in total. The van der Waals surface area contributed by atoms with Gasteiger partial charge in [-0.05, 0) is 61.7 Å². The summed E-state index contributed by atoms with van der Waals surface area (Å²) in [6.07, 6.45) is 4.27. The molecule has 0 aromatic heterocycles. The van der Waals surface area contributed by atoms with E-state index in [0.717, 1.165) is 49.2 Å². The predicted octanol–water partition coefficient (Wildman–Crippen LogP) is 5.89. The number of amides is 2. The molecule has 26 heavy (non-hydrogen) atoms. The first kappa shape index (κ1) is 18.6. The molecule has 1 fully saturated rings. The zero-order valence-corrected chi connectivity index (χ0v) is 15.8. The number of carbonyl (C=O) groups excluding carboxylic acids is 1. The largest absolute Gasteiger partial charge is 0.494 e. The number of ether oxygens (including phenoxy) is 1. The van der Waals surface area contributed by atoms with Crippen LogP contribution in [0, 0.1) is 0 Å². The first-order valence-electron chi connectivity index (χ1n) is 9.23. The van der Waals surface area contributed by atoms with Crippen molar-refractivity contribution in [2.45, 2.75) is 38.6 Å². The van der Waals surface area contributed by atoms with Crippen molar-refractivity contribution in [1.82, 2.24) is 4.90 Å². The molecule has 2 aromatic carbocycles. The lowest BCUT2D eigenvalue weighted by Crippen LogP contribution is -2.38. The third-order valence-electron chi connectivity index (χ3n) is 4.69. The van der Waals surface area contributed by atoms with Crippen LogP contribution in [0.4, 0.5) is 10.5 Å².